The SMILES string of the molecule is CN(CC1CCCC1)S(=O)(=O)c1cccc(CN)c1. The van der Waals surface area contributed by atoms with E-state index in [4.69, 9.17) is 5.73 Å². The van der Waals surface area contributed by atoms with E-state index in [1.54, 1.807) is 25.2 Å². The van der Waals surface area contributed by atoms with E-state index in [0.717, 1.165) is 18.4 Å². The maximum Gasteiger partial charge on any atom is 0.242 e. The molecule has 5 heteroatoms. The molecule has 1 aliphatic carbocycles. The fraction of sp³-hybridized carbons (Fsp3) is 0.571. The monoisotopic (exact) mass is 282 g/mol. The zero-order valence-electron chi connectivity index (χ0n) is 11.4. The van der Waals surface area contributed by atoms with Gasteiger partial charge in [-0.1, -0.05) is 25.0 Å². The Bertz CT molecular complexity index is 522. The van der Waals surface area contributed by atoms with Crippen LogP contribution >= 0.6 is 0 Å². The van der Waals surface area contributed by atoms with E-state index >= 15 is 0 Å². The smallest absolute Gasteiger partial charge is 0.242 e. The van der Waals surface area contributed by atoms with E-state index in [1.165, 1.54) is 17.1 Å². The molecule has 0 aromatic heterocycles. The van der Waals surface area contributed by atoms with Gasteiger partial charge >= 0.3 is 0 Å². The van der Waals surface area contributed by atoms with Crippen LogP contribution in [0.4, 0.5) is 0 Å². The van der Waals surface area contributed by atoms with Crippen molar-refractivity contribution in [1.82, 2.24) is 4.31 Å². The maximum atomic E-state index is 12.5. The average molecular weight is 282 g/mol. The highest BCUT2D eigenvalue weighted by atomic mass is 32.2. The average Bonchev–Trinajstić information content (AvgIpc) is 2.91. The van der Waals surface area contributed by atoms with E-state index in [1.807, 2.05) is 6.07 Å². The van der Waals surface area contributed by atoms with E-state index in [-0.39, 0.29) is 0 Å². The van der Waals surface area contributed by atoms with Crippen LogP contribution in [0.1, 0.15) is 31.2 Å². The number of benzene rings is 1. The number of hydrogen-bond donors (Lipinski definition) is 1. The highest BCUT2D eigenvalue weighted by Gasteiger charge is 2.25. The summed E-state index contributed by atoms with van der Waals surface area (Å²) in [5.74, 6) is 0.512. The highest BCUT2D eigenvalue weighted by molar-refractivity contribution is 7.89. The van der Waals surface area contributed by atoms with Crippen LogP contribution in [-0.2, 0) is 16.6 Å². The molecule has 0 unspecified atom stereocenters. The molecule has 1 saturated carbocycles. The molecule has 0 aliphatic heterocycles. The number of nitrogens with two attached hydrogens (primary N) is 1. The molecular weight excluding hydrogens is 260 g/mol. The third-order valence-electron chi connectivity index (χ3n) is 3.83. The number of sulfonamides is 1. The Morgan fingerprint density at radius 2 is 2.00 bits per heavy atom. The first kappa shape index (κ1) is 14.5. The minimum absolute atomic E-state index is 0.343. The third-order valence-corrected chi connectivity index (χ3v) is 5.65. The summed E-state index contributed by atoms with van der Waals surface area (Å²) in [7, 11) is -1.71. The van der Waals surface area contributed by atoms with Gasteiger partial charge in [-0.2, -0.15) is 0 Å². The second-order valence-corrected chi connectivity index (χ2v) is 7.33. The van der Waals surface area contributed by atoms with Crippen molar-refractivity contribution in [3.8, 4) is 0 Å². The van der Waals surface area contributed by atoms with Crippen molar-refractivity contribution in [1.29, 1.82) is 0 Å². The lowest BCUT2D eigenvalue weighted by atomic mass is 10.1. The Morgan fingerprint density at radius 1 is 1.32 bits per heavy atom. The minimum atomic E-state index is -3.38. The molecular formula is C14H22N2O2S. The van der Waals surface area contributed by atoms with Crippen molar-refractivity contribution in [3.63, 3.8) is 0 Å². The minimum Gasteiger partial charge on any atom is -0.326 e. The molecule has 4 nitrogen and oxygen atoms in total. The van der Waals surface area contributed by atoms with E-state index in [2.05, 4.69) is 0 Å². The number of rotatable bonds is 5. The molecule has 0 amide bonds. The van der Waals surface area contributed by atoms with Crippen molar-refractivity contribution in [2.45, 2.75) is 37.1 Å². The molecule has 0 spiro atoms. The van der Waals surface area contributed by atoms with Crippen LogP contribution in [0.3, 0.4) is 0 Å². The van der Waals surface area contributed by atoms with Crippen molar-refractivity contribution < 1.29 is 8.42 Å². The van der Waals surface area contributed by atoms with Crippen LogP contribution in [0.15, 0.2) is 29.2 Å². The molecule has 106 valence electrons. The quantitative estimate of drug-likeness (QED) is 0.898. The van der Waals surface area contributed by atoms with E-state index in [9.17, 15) is 8.42 Å². The normalized spacial score (nSPS) is 17.2. The topological polar surface area (TPSA) is 63.4 Å². The van der Waals surface area contributed by atoms with Crippen molar-refractivity contribution in [2.75, 3.05) is 13.6 Å². The largest absolute Gasteiger partial charge is 0.326 e. The van der Waals surface area contributed by atoms with Crippen LogP contribution < -0.4 is 5.73 Å². The van der Waals surface area contributed by atoms with Gasteiger partial charge < -0.3 is 5.73 Å². The van der Waals surface area contributed by atoms with Crippen molar-refractivity contribution >= 4 is 10.0 Å². The molecule has 0 bridgehead atoms. The molecule has 0 heterocycles. The first-order valence-corrected chi connectivity index (χ1v) is 8.23. The Kier molecular flexibility index (Phi) is 4.60. The van der Waals surface area contributed by atoms with E-state index < -0.39 is 10.0 Å². The number of nitrogens with zero attached hydrogens (tertiary/aromatic N) is 1. The van der Waals surface area contributed by atoms with Crippen LogP contribution in [0, 0.1) is 5.92 Å². The molecule has 1 aromatic carbocycles. The molecule has 19 heavy (non-hydrogen) atoms. The lowest BCUT2D eigenvalue weighted by molar-refractivity contribution is 0.387. The summed E-state index contributed by atoms with van der Waals surface area (Å²) in [6.07, 6.45) is 4.73. The summed E-state index contributed by atoms with van der Waals surface area (Å²) in [4.78, 5) is 0.343. The van der Waals surface area contributed by atoms with Gasteiger partial charge in [-0.3, -0.25) is 0 Å². The molecule has 1 aromatic rings. The van der Waals surface area contributed by atoms with Crippen molar-refractivity contribution in [2.24, 2.45) is 11.7 Å². The highest BCUT2D eigenvalue weighted by Crippen LogP contribution is 2.27. The summed E-state index contributed by atoms with van der Waals surface area (Å²) in [6, 6.07) is 6.90. The first-order valence-electron chi connectivity index (χ1n) is 6.79. The predicted molar refractivity (Wildman–Crippen MR) is 76.1 cm³/mol. The van der Waals surface area contributed by atoms with Crippen LogP contribution in [-0.4, -0.2) is 26.3 Å². The standard InChI is InChI=1S/C14H22N2O2S/c1-16(11-12-5-2-3-6-12)19(17,18)14-8-4-7-13(9-14)10-15/h4,7-9,12H,2-3,5-6,10-11,15H2,1H3. The molecule has 2 N–H and O–H groups in total. The van der Waals surface area contributed by atoms with E-state index in [0.29, 0.717) is 23.9 Å². The maximum absolute atomic E-state index is 12.5. The second kappa shape index (κ2) is 6.03. The summed E-state index contributed by atoms with van der Waals surface area (Å²) in [5.41, 5.74) is 6.40. The summed E-state index contributed by atoms with van der Waals surface area (Å²) >= 11 is 0. The Morgan fingerprint density at radius 3 is 2.63 bits per heavy atom. The van der Waals surface area contributed by atoms with Crippen molar-refractivity contribution in [3.05, 3.63) is 29.8 Å². The number of hydrogen-bond acceptors (Lipinski definition) is 3. The fourth-order valence-electron chi connectivity index (χ4n) is 2.67. The van der Waals surface area contributed by atoms with Gasteiger partial charge in [0.15, 0.2) is 0 Å². The van der Waals surface area contributed by atoms with Gasteiger partial charge in [-0.25, -0.2) is 12.7 Å². The Hall–Kier alpha value is -0.910. The Labute approximate surface area is 115 Å². The van der Waals surface area contributed by atoms with Crippen LogP contribution in [0.2, 0.25) is 0 Å². The lowest BCUT2D eigenvalue weighted by Gasteiger charge is -2.21. The summed E-state index contributed by atoms with van der Waals surface area (Å²) in [6.45, 7) is 0.977. The molecule has 1 aliphatic rings. The molecule has 0 radical (unpaired) electrons. The first-order chi connectivity index (χ1) is 9.04. The zero-order chi connectivity index (χ0) is 13.9. The molecule has 0 atom stereocenters. The predicted octanol–water partition coefficient (Wildman–Crippen LogP) is 1.96. The Balaban J connectivity index is 2.15. The van der Waals surface area contributed by atoms with Gasteiger partial charge in [-0.15, -0.1) is 0 Å². The lowest BCUT2D eigenvalue weighted by Crippen LogP contribution is -2.31. The van der Waals surface area contributed by atoms with Gasteiger partial charge in [0, 0.05) is 20.1 Å². The van der Waals surface area contributed by atoms with Gasteiger partial charge in [0.2, 0.25) is 10.0 Å². The molecule has 2 rings (SSSR count). The molecule has 1 fully saturated rings. The summed E-state index contributed by atoms with van der Waals surface area (Å²) < 4.78 is 26.4. The van der Waals surface area contributed by atoms with Gasteiger partial charge in [-0.05, 0) is 36.5 Å². The fourth-order valence-corrected chi connectivity index (χ4v) is 3.99. The molecule has 0 saturated heterocycles. The third kappa shape index (κ3) is 3.35. The van der Waals surface area contributed by atoms with Gasteiger partial charge in [0.1, 0.15) is 0 Å². The second-order valence-electron chi connectivity index (χ2n) is 5.29. The van der Waals surface area contributed by atoms with Gasteiger partial charge in [0.25, 0.3) is 0 Å². The van der Waals surface area contributed by atoms with Crippen LogP contribution in [0.25, 0.3) is 0 Å². The van der Waals surface area contributed by atoms with Crippen LogP contribution in [0.5, 0.6) is 0 Å². The zero-order valence-corrected chi connectivity index (χ0v) is 12.2. The summed E-state index contributed by atoms with van der Waals surface area (Å²) in [5, 5.41) is 0. The van der Waals surface area contributed by atoms with Gasteiger partial charge in [0.05, 0.1) is 4.90 Å².